The van der Waals surface area contributed by atoms with Crippen molar-refractivity contribution in [3.05, 3.63) is 29.3 Å². The Morgan fingerprint density at radius 1 is 1.33 bits per heavy atom. The van der Waals surface area contributed by atoms with Crippen molar-refractivity contribution in [1.82, 2.24) is 0 Å². The number of benzene rings is 1. The number of carbonyl (C=O) groups is 1. The van der Waals surface area contributed by atoms with Gasteiger partial charge < -0.3 is 14.8 Å². The fourth-order valence-electron chi connectivity index (χ4n) is 2.21. The molecule has 1 saturated carbocycles. The Balaban J connectivity index is 2.12. The van der Waals surface area contributed by atoms with Gasteiger partial charge in [0, 0.05) is 30.7 Å². The summed E-state index contributed by atoms with van der Waals surface area (Å²) in [5.74, 6) is -0.259. The molecule has 0 aromatic heterocycles. The number of anilines is 1. The third-order valence-electron chi connectivity index (χ3n) is 3.29. The lowest BCUT2D eigenvalue weighted by Crippen LogP contribution is -2.59. The zero-order valence-electron chi connectivity index (χ0n) is 10.4. The van der Waals surface area contributed by atoms with E-state index in [4.69, 9.17) is 21.1 Å². The van der Waals surface area contributed by atoms with Crippen molar-refractivity contribution in [3.8, 4) is 0 Å². The first-order chi connectivity index (χ1) is 8.59. The van der Waals surface area contributed by atoms with Crippen LogP contribution in [0.5, 0.6) is 0 Å². The molecule has 0 bridgehead atoms. The first-order valence-electron chi connectivity index (χ1n) is 5.74. The molecule has 1 aromatic carbocycles. The van der Waals surface area contributed by atoms with Gasteiger partial charge in [-0.3, -0.25) is 0 Å². The van der Waals surface area contributed by atoms with Crippen LogP contribution >= 0.6 is 11.6 Å². The monoisotopic (exact) mass is 269 g/mol. The van der Waals surface area contributed by atoms with Crippen LogP contribution in [-0.2, 0) is 14.3 Å². The van der Waals surface area contributed by atoms with Crippen molar-refractivity contribution >= 4 is 23.3 Å². The Morgan fingerprint density at radius 2 is 1.94 bits per heavy atom. The maximum absolute atomic E-state index is 11.9. The van der Waals surface area contributed by atoms with Crippen molar-refractivity contribution in [2.45, 2.75) is 24.5 Å². The van der Waals surface area contributed by atoms with Gasteiger partial charge in [0.1, 0.15) is 5.54 Å². The van der Waals surface area contributed by atoms with E-state index in [1.807, 2.05) is 12.1 Å². The fourth-order valence-corrected chi connectivity index (χ4v) is 2.33. The highest BCUT2D eigenvalue weighted by molar-refractivity contribution is 6.30. The van der Waals surface area contributed by atoms with Crippen LogP contribution in [0.3, 0.4) is 0 Å². The molecule has 0 heterocycles. The van der Waals surface area contributed by atoms with E-state index in [0.29, 0.717) is 17.9 Å². The number of ether oxygens (including phenoxy) is 2. The SMILES string of the molecule is COC(=O)C1(Nc2ccc(Cl)cc2)CC(OC)C1. The van der Waals surface area contributed by atoms with E-state index in [1.54, 1.807) is 19.2 Å². The van der Waals surface area contributed by atoms with E-state index in [0.717, 1.165) is 5.69 Å². The number of nitrogens with one attached hydrogen (secondary N) is 1. The van der Waals surface area contributed by atoms with Gasteiger partial charge in [-0.2, -0.15) is 0 Å². The molecule has 0 unspecified atom stereocenters. The highest BCUT2D eigenvalue weighted by Gasteiger charge is 2.51. The summed E-state index contributed by atoms with van der Waals surface area (Å²) >= 11 is 5.83. The average Bonchev–Trinajstić information content (AvgIpc) is 2.34. The first-order valence-corrected chi connectivity index (χ1v) is 6.12. The molecule has 0 radical (unpaired) electrons. The first kappa shape index (κ1) is 13.2. The summed E-state index contributed by atoms with van der Waals surface area (Å²) < 4.78 is 10.1. The summed E-state index contributed by atoms with van der Waals surface area (Å²) in [6, 6.07) is 7.24. The van der Waals surface area contributed by atoms with E-state index in [2.05, 4.69) is 5.32 Å². The molecule has 0 amide bonds. The largest absolute Gasteiger partial charge is 0.467 e. The summed E-state index contributed by atoms with van der Waals surface area (Å²) in [5.41, 5.74) is 0.169. The molecule has 1 aromatic rings. The molecule has 1 aliphatic carbocycles. The van der Waals surface area contributed by atoms with Crippen LogP contribution in [-0.4, -0.2) is 31.8 Å². The number of hydrogen-bond donors (Lipinski definition) is 1. The molecule has 5 heteroatoms. The number of esters is 1. The second-order valence-corrected chi connectivity index (χ2v) is 4.91. The van der Waals surface area contributed by atoms with E-state index < -0.39 is 5.54 Å². The minimum Gasteiger partial charge on any atom is -0.467 e. The minimum absolute atomic E-state index is 0.101. The molecule has 18 heavy (non-hydrogen) atoms. The van der Waals surface area contributed by atoms with Gasteiger partial charge in [-0.1, -0.05) is 11.6 Å². The van der Waals surface area contributed by atoms with Crippen molar-refractivity contribution in [2.75, 3.05) is 19.5 Å². The Hall–Kier alpha value is -1.26. The molecular weight excluding hydrogens is 254 g/mol. The number of halogens is 1. The number of rotatable bonds is 4. The summed E-state index contributed by atoms with van der Waals surface area (Å²) in [4.78, 5) is 11.9. The van der Waals surface area contributed by atoms with Gasteiger partial charge in [0.15, 0.2) is 0 Å². The second kappa shape index (κ2) is 5.16. The Kier molecular flexibility index (Phi) is 3.78. The molecule has 0 saturated heterocycles. The normalized spacial score (nSPS) is 26.3. The third kappa shape index (κ3) is 2.44. The molecule has 1 aliphatic rings. The molecule has 98 valence electrons. The summed E-state index contributed by atoms with van der Waals surface area (Å²) in [7, 11) is 3.04. The fraction of sp³-hybridized carbons (Fsp3) is 0.462. The lowest BCUT2D eigenvalue weighted by atomic mass is 9.74. The average molecular weight is 270 g/mol. The molecule has 1 N–H and O–H groups in total. The number of carbonyl (C=O) groups excluding carboxylic acids is 1. The highest BCUT2D eigenvalue weighted by Crippen LogP contribution is 2.38. The van der Waals surface area contributed by atoms with E-state index in [-0.39, 0.29) is 12.1 Å². The lowest BCUT2D eigenvalue weighted by Gasteiger charge is -2.45. The summed E-state index contributed by atoms with van der Waals surface area (Å²) in [6.07, 6.45) is 1.32. The molecule has 4 nitrogen and oxygen atoms in total. The number of methoxy groups -OCH3 is 2. The van der Waals surface area contributed by atoms with Gasteiger partial charge in [0.2, 0.25) is 0 Å². The zero-order chi connectivity index (χ0) is 13.2. The van der Waals surface area contributed by atoms with Crippen molar-refractivity contribution in [2.24, 2.45) is 0 Å². The topological polar surface area (TPSA) is 47.6 Å². The van der Waals surface area contributed by atoms with Gasteiger partial charge in [0.05, 0.1) is 13.2 Å². The van der Waals surface area contributed by atoms with Crippen molar-refractivity contribution < 1.29 is 14.3 Å². The lowest BCUT2D eigenvalue weighted by molar-refractivity contribution is -0.154. The predicted octanol–water partition coefficient (Wildman–Crippen LogP) is 2.47. The molecule has 1 fully saturated rings. The van der Waals surface area contributed by atoms with Gasteiger partial charge in [-0.15, -0.1) is 0 Å². The van der Waals surface area contributed by atoms with Crippen molar-refractivity contribution in [3.63, 3.8) is 0 Å². The van der Waals surface area contributed by atoms with Crippen LogP contribution in [0.15, 0.2) is 24.3 Å². The van der Waals surface area contributed by atoms with Crippen LogP contribution in [0.2, 0.25) is 5.02 Å². The van der Waals surface area contributed by atoms with Gasteiger partial charge in [-0.25, -0.2) is 4.79 Å². The molecule has 0 spiro atoms. The summed E-state index contributed by atoms with van der Waals surface area (Å²) in [5, 5.41) is 3.88. The van der Waals surface area contributed by atoms with Gasteiger partial charge >= 0.3 is 5.97 Å². The minimum atomic E-state index is -0.677. The molecule has 2 rings (SSSR count). The molecule has 0 atom stereocenters. The van der Waals surface area contributed by atoms with Crippen molar-refractivity contribution in [1.29, 1.82) is 0 Å². The summed E-state index contributed by atoms with van der Waals surface area (Å²) in [6.45, 7) is 0. The third-order valence-corrected chi connectivity index (χ3v) is 3.54. The van der Waals surface area contributed by atoms with E-state index in [9.17, 15) is 4.79 Å². The Morgan fingerprint density at radius 3 is 2.44 bits per heavy atom. The predicted molar refractivity (Wildman–Crippen MR) is 69.9 cm³/mol. The maximum atomic E-state index is 11.9. The second-order valence-electron chi connectivity index (χ2n) is 4.47. The van der Waals surface area contributed by atoms with Crippen LogP contribution in [0.4, 0.5) is 5.69 Å². The zero-order valence-corrected chi connectivity index (χ0v) is 11.2. The number of hydrogen-bond acceptors (Lipinski definition) is 4. The van der Waals surface area contributed by atoms with E-state index in [1.165, 1.54) is 7.11 Å². The van der Waals surface area contributed by atoms with Crippen LogP contribution in [0, 0.1) is 0 Å². The Bertz CT molecular complexity index is 426. The standard InChI is InChI=1S/C13H16ClNO3/c1-17-11-7-13(8-11,12(16)18-2)15-10-5-3-9(14)4-6-10/h3-6,11,15H,7-8H2,1-2H3. The maximum Gasteiger partial charge on any atom is 0.331 e. The van der Waals surface area contributed by atoms with Crippen LogP contribution in [0.25, 0.3) is 0 Å². The highest BCUT2D eigenvalue weighted by atomic mass is 35.5. The van der Waals surface area contributed by atoms with Crippen LogP contribution < -0.4 is 5.32 Å². The molecular formula is C13H16ClNO3. The Labute approximate surface area is 111 Å². The smallest absolute Gasteiger partial charge is 0.331 e. The van der Waals surface area contributed by atoms with Gasteiger partial charge in [0.25, 0.3) is 0 Å². The van der Waals surface area contributed by atoms with Gasteiger partial charge in [-0.05, 0) is 24.3 Å². The molecule has 0 aliphatic heterocycles. The van der Waals surface area contributed by atoms with Crippen LogP contribution in [0.1, 0.15) is 12.8 Å². The van der Waals surface area contributed by atoms with E-state index >= 15 is 0 Å². The quantitative estimate of drug-likeness (QED) is 0.853.